The van der Waals surface area contributed by atoms with Gasteiger partial charge < -0.3 is 30.2 Å². The van der Waals surface area contributed by atoms with E-state index in [-0.39, 0.29) is 41.5 Å². The second-order valence-corrected chi connectivity index (χ2v) is 15.3. The minimum atomic E-state index is -4.10. The lowest BCUT2D eigenvalue weighted by Crippen LogP contribution is -2.56. The number of sulfonamides is 1. The number of rotatable bonds is 16. The first-order chi connectivity index (χ1) is 26.0. The minimum Gasteiger partial charge on any atom is -0.502 e. The second-order valence-electron chi connectivity index (χ2n) is 13.5. The summed E-state index contributed by atoms with van der Waals surface area (Å²) in [6.45, 7) is 3.74. The first-order valence-corrected chi connectivity index (χ1v) is 19.0. The molecule has 1 aromatic heterocycles. The Kier molecular flexibility index (Phi) is 12.2. The van der Waals surface area contributed by atoms with Gasteiger partial charge in [0.05, 0.1) is 24.5 Å². The van der Waals surface area contributed by atoms with E-state index in [1.807, 2.05) is 0 Å². The Morgan fingerprint density at radius 3 is 2.40 bits per heavy atom. The lowest BCUT2D eigenvalue weighted by Gasteiger charge is -2.25. The monoisotopic (exact) mass is 776 g/mol. The molecule has 1 aliphatic carbocycles. The molecule has 1 aliphatic rings. The molecule has 1 saturated carbocycles. The number of hydrogen-bond donors (Lipinski definition) is 5. The molecule has 0 bridgehead atoms. The maximum Gasteiger partial charge on any atom is 0.373 e. The van der Waals surface area contributed by atoms with Crippen LogP contribution in [0.4, 0.5) is 4.39 Å². The number of ether oxygens (including phenoxy) is 1. The molecule has 0 saturated heterocycles. The van der Waals surface area contributed by atoms with Gasteiger partial charge in [0.15, 0.2) is 5.78 Å². The standard InChI is InChI=1S/C39H41FN4O10S/c1-5-53-37(49)31(46)18-30(45)25-8-6-7-22(15-25)19-42-38(50)39(2,3)44-33(47)20-43-55(51,52)21-26-16-32-29(17-28(26)23-9-10-23)34(36(48)41-4)35(54-32)24-11-13-27(40)14-12-24/h6-8,11-18,23,43,46H,5,9-10,19-21H2,1-4H3,(H,41,48)(H,42,50)(H,44,47)/b31-18-. The van der Waals surface area contributed by atoms with Crippen LogP contribution >= 0.6 is 0 Å². The summed E-state index contributed by atoms with van der Waals surface area (Å²) in [6, 6.07) is 14.9. The molecule has 3 amide bonds. The van der Waals surface area contributed by atoms with E-state index in [9.17, 15) is 41.9 Å². The van der Waals surface area contributed by atoms with Gasteiger partial charge in [-0.25, -0.2) is 22.3 Å². The van der Waals surface area contributed by atoms with E-state index in [0.717, 1.165) is 24.5 Å². The molecule has 55 heavy (non-hydrogen) atoms. The van der Waals surface area contributed by atoms with Crippen molar-refractivity contribution in [2.24, 2.45) is 0 Å². The average Bonchev–Trinajstić information content (AvgIpc) is 3.92. The van der Waals surface area contributed by atoms with Gasteiger partial charge in [-0.2, -0.15) is 0 Å². The topological polar surface area (TPSA) is 210 Å². The number of esters is 1. The van der Waals surface area contributed by atoms with Crippen molar-refractivity contribution in [2.45, 2.75) is 57.4 Å². The summed E-state index contributed by atoms with van der Waals surface area (Å²) in [5.41, 5.74) is 1.31. The average molecular weight is 777 g/mol. The predicted octanol–water partition coefficient (Wildman–Crippen LogP) is 4.29. The van der Waals surface area contributed by atoms with E-state index in [2.05, 4.69) is 25.4 Å². The van der Waals surface area contributed by atoms with Crippen molar-refractivity contribution in [3.63, 3.8) is 0 Å². The molecule has 5 rings (SSSR count). The highest BCUT2D eigenvalue weighted by Gasteiger charge is 2.32. The molecule has 0 aliphatic heterocycles. The molecule has 0 atom stereocenters. The highest BCUT2D eigenvalue weighted by molar-refractivity contribution is 7.88. The number of halogens is 1. The molecule has 5 N–H and O–H groups in total. The summed E-state index contributed by atoms with van der Waals surface area (Å²) in [5, 5.41) is 18.1. The van der Waals surface area contributed by atoms with Gasteiger partial charge in [-0.3, -0.25) is 19.2 Å². The van der Waals surface area contributed by atoms with Gasteiger partial charge in [0.2, 0.25) is 27.6 Å². The first-order valence-electron chi connectivity index (χ1n) is 17.4. The minimum absolute atomic E-state index is 0.0189. The maximum atomic E-state index is 13.7. The van der Waals surface area contributed by atoms with Gasteiger partial charge in [-0.05, 0) is 98.7 Å². The molecule has 290 valence electrons. The van der Waals surface area contributed by atoms with E-state index in [0.29, 0.717) is 22.1 Å². The number of carbonyl (C=O) groups is 5. The number of benzene rings is 3. The second kappa shape index (κ2) is 16.7. The van der Waals surface area contributed by atoms with Crippen molar-refractivity contribution in [3.05, 3.63) is 106 Å². The summed E-state index contributed by atoms with van der Waals surface area (Å²) >= 11 is 0. The summed E-state index contributed by atoms with van der Waals surface area (Å²) < 4.78 is 53.3. The summed E-state index contributed by atoms with van der Waals surface area (Å²) in [7, 11) is -2.63. The van der Waals surface area contributed by atoms with Crippen LogP contribution in [0.5, 0.6) is 0 Å². The van der Waals surface area contributed by atoms with Crippen LogP contribution in [-0.4, -0.2) is 68.7 Å². The van der Waals surface area contributed by atoms with Crippen LogP contribution in [-0.2, 0) is 41.4 Å². The summed E-state index contributed by atoms with van der Waals surface area (Å²) in [6.07, 6.45) is 2.39. The van der Waals surface area contributed by atoms with E-state index in [4.69, 9.17) is 4.42 Å². The normalized spacial score (nSPS) is 13.3. The Morgan fingerprint density at radius 1 is 1.04 bits per heavy atom. The van der Waals surface area contributed by atoms with Crippen LogP contribution in [0.15, 0.2) is 76.9 Å². The number of fused-ring (bicyclic) bond motifs is 1. The third kappa shape index (κ3) is 10.0. The Bertz CT molecular complexity index is 2290. The third-order valence-electron chi connectivity index (χ3n) is 8.76. The number of nitrogens with one attached hydrogen (secondary N) is 4. The van der Waals surface area contributed by atoms with Gasteiger partial charge in [0.1, 0.15) is 22.7 Å². The van der Waals surface area contributed by atoms with Crippen LogP contribution in [0.1, 0.15) is 76.9 Å². The van der Waals surface area contributed by atoms with E-state index >= 15 is 0 Å². The van der Waals surface area contributed by atoms with Gasteiger partial charge in [0, 0.05) is 36.2 Å². The fourth-order valence-electron chi connectivity index (χ4n) is 5.85. The van der Waals surface area contributed by atoms with Gasteiger partial charge in [-0.15, -0.1) is 0 Å². The SMILES string of the molecule is CCOC(=O)/C(O)=C/C(=O)c1cccc(CNC(=O)C(C)(C)NC(=O)CNS(=O)(=O)Cc2cc3oc(-c4ccc(F)cc4)c(C(=O)NC)c3cc2C2CC2)c1. The Balaban J connectivity index is 1.22. The number of amides is 3. The largest absolute Gasteiger partial charge is 0.502 e. The number of ketones is 1. The van der Waals surface area contributed by atoms with Crippen LogP contribution in [0.25, 0.3) is 22.3 Å². The van der Waals surface area contributed by atoms with Gasteiger partial charge >= 0.3 is 5.97 Å². The molecule has 1 heterocycles. The molecular formula is C39H41FN4O10S. The van der Waals surface area contributed by atoms with Crippen LogP contribution in [0.2, 0.25) is 0 Å². The zero-order valence-corrected chi connectivity index (χ0v) is 31.4. The highest BCUT2D eigenvalue weighted by atomic mass is 32.2. The van der Waals surface area contributed by atoms with Gasteiger partial charge in [0.25, 0.3) is 5.91 Å². The smallest absolute Gasteiger partial charge is 0.373 e. The lowest BCUT2D eigenvalue weighted by atomic mass is 9.98. The third-order valence-corrected chi connectivity index (χ3v) is 10.0. The molecule has 16 heteroatoms. The molecule has 0 radical (unpaired) electrons. The first kappa shape index (κ1) is 40.3. The Morgan fingerprint density at radius 2 is 1.75 bits per heavy atom. The molecular weight excluding hydrogens is 736 g/mol. The lowest BCUT2D eigenvalue weighted by molar-refractivity contribution is -0.141. The molecule has 4 aromatic rings. The van der Waals surface area contributed by atoms with Crippen molar-refractivity contribution >= 4 is 50.5 Å². The van der Waals surface area contributed by atoms with Crippen LogP contribution in [0.3, 0.4) is 0 Å². The number of hydrogen-bond acceptors (Lipinski definition) is 10. The quantitative estimate of drug-likeness (QED) is 0.0472. The van der Waals surface area contributed by atoms with Crippen LogP contribution < -0.4 is 20.7 Å². The zero-order chi connectivity index (χ0) is 40.1. The van der Waals surface area contributed by atoms with Crippen molar-refractivity contribution in [1.82, 2.24) is 20.7 Å². The number of furan rings is 1. The van der Waals surface area contributed by atoms with E-state index in [1.165, 1.54) is 57.3 Å². The predicted molar refractivity (Wildman–Crippen MR) is 200 cm³/mol. The summed E-state index contributed by atoms with van der Waals surface area (Å²) in [5.74, 6) is -5.01. The van der Waals surface area contributed by atoms with E-state index in [1.54, 1.807) is 31.2 Å². The molecule has 14 nitrogen and oxygen atoms in total. The maximum absolute atomic E-state index is 13.7. The van der Waals surface area contributed by atoms with Gasteiger partial charge in [-0.1, -0.05) is 18.2 Å². The number of aliphatic hydroxyl groups is 1. The van der Waals surface area contributed by atoms with Crippen LogP contribution in [0, 0.1) is 5.82 Å². The number of aliphatic hydroxyl groups excluding tert-OH is 1. The van der Waals surface area contributed by atoms with Crippen molar-refractivity contribution < 1.29 is 51.0 Å². The van der Waals surface area contributed by atoms with Crippen molar-refractivity contribution in [2.75, 3.05) is 20.2 Å². The molecule has 1 fully saturated rings. The molecule has 0 spiro atoms. The molecule has 3 aromatic carbocycles. The highest BCUT2D eigenvalue weighted by Crippen LogP contribution is 2.45. The number of allylic oxidation sites excluding steroid dienone is 1. The Hall–Kier alpha value is -5.87. The fourth-order valence-corrected chi connectivity index (χ4v) is 6.96. The summed E-state index contributed by atoms with van der Waals surface area (Å²) in [4.78, 5) is 63.1. The Labute approximate surface area is 316 Å². The molecule has 0 unspecified atom stereocenters. The zero-order valence-electron chi connectivity index (χ0n) is 30.6. The number of carbonyl (C=O) groups excluding carboxylic acids is 5. The van der Waals surface area contributed by atoms with Crippen molar-refractivity contribution in [3.8, 4) is 11.3 Å². The van der Waals surface area contributed by atoms with Crippen molar-refractivity contribution in [1.29, 1.82) is 0 Å². The van der Waals surface area contributed by atoms with E-state index < -0.39 is 68.9 Å². The fraction of sp³-hybridized carbons (Fsp3) is 0.308.